The van der Waals surface area contributed by atoms with Crippen LogP contribution in [0.25, 0.3) is 0 Å². The summed E-state index contributed by atoms with van der Waals surface area (Å²) >= 11 is 0. The molecule has 3 heteroatoms. The van der Waals surface area contributed by atoms with E-state index >= 15 is 0 Å². The normalized spacial score (nSPS) is 30.4. The lowest BCUT2D eigenvalue weighted by atomic mass is 10.0. The summed E-state index contributed by atoms with van der Waals surface area (Å²) in [5.41, 5.74) is -0.366. The zero-order valence-electron chi connectivity index (χ0n) is 10.8. The molecule has 2 aliphatic rings. The van der Waals surface area contributed by atoms with Gasteiger partial charge < -0.3 is 10.0 Å². The van der Waals surface area contributed by atoms with Crippen LogP contribution in [-0.2, 0) is 0 Å². The van der Waals surface area contributed by atoms with Crippen molar-refractivity contribution >= 4 is 0 Å². The van der Waals surface area contributed by atoms with Crippen LogP contribution in [0.5, 0.6) is 0 Å². The van der Waals surface area contributed by atoms with Gasteiger partial charge in [0.15, 0.2) is 0 Å². The van der Waals surface area contributed by atoms with Crippen LogP contribution in [0.3, 0.4) is 0 Å². The molecule has 0 aromatic heterocycles. The van der Waals surface area contributed by atoms with Crippen molar-refractivity contribution in [3.05, 3.63) is 0 Å². The average molecular weight is 226 g/mol. The lowest BCUT2D eigenvalue weighted by Crippen LogP contribution is -2.46. The predicted molar refractivity (Wildman–Crippen MR) is 66.6 cm³/mol. The molecule has 0 radical (unpaired) electrons. The Labute approximate surface area is 99.4 Å². The van der Waals surface area contributed by atoms with Gasteiger partial charge in [-0.15, -0.1) is 0 Å². The maximum absolute atomic E-state index is 10.4. The quantitative estimate of drug-likeness (QED) is 0.783. The zero-order valence-corrected chi connectivity index (χ0v) is 10.8. The summed E-state index contributed by atoms with van der Waals surface area (Å²) in [5.74, 6) is 0. The van der Waals surface area contributed by atoms with Crippen LogP contribution in [0, 0.1) is 0 Å². The third-order valence-corrected chi connectivity index (χ3v) is 4.11. The average Bonchev–Trinajstić information content (AvgIpc) is 2.77. The van der Waals surface area contributed by atoms with E-state index in [1.165, 1.54) is 32.2 Å². The van der Waals surface area contributed by atoms with E-state index in [9.17, 15) is 5.11 Å². The molecule has 0 amide bonds. The molecule has 94 valence electrons. The van der Waals surface area contributed by atoms with Gasteiger partial charge in [0.25, 0.3) is 0 Å². The van der Waals surface area contributed by atoms with Gasteiger partial charge in [-0.2, -0.15) is 0 Å². The smallest absolute Gasteiger partial charge is 0.0774 e. The number of likely N-dealkylation sites (N-methyl/N-ethyl adjacent to an activating group) is 1. The van der Waals surface area contributed by atoms with Crippen molar-refractivity contribution in [3.63, 3.8) is 0 Å². The molecule has 1 saturated heterocycles. The zero-order chi connectivity index (χ0) is 11.6. The van der Waals surface area contributed by atoms with Crippen molar-refractivity contribution < 1.29 is 5.11 Å². The second kappa shape index (κ2) is 5.03. The number of rotatable bonds is 4. The largest absolute Gasteiger partial charge is 0.389 e. The molecule has 16 heavy (non-hydrogen) atoms. The Morgan fingerprint density at radius 2 is 1.94 bits per heavy atom. The van der Waals surface area contributed by atoms with Crippen LogP contribution in [-0.4, -0.2) is 60.3 Å². The van der Waals surface area contributed by atoms with Gasteiger partial charge in [0.2, 0.25) is 0 Å². The van der Waals surface area contributed by atoms with E-state index in [0.29, 0.717) is 6.04 Å². The maximum Gasteiger partial charge on any atom is 0.0774 e. The molecular weight excluding hydrogens is 200 g/mol. The van der Waals surface area contributed by atoms with Crippen LogP contribution < -0.4 is 0 Å². The molecule has 3 nitrogen and oxygen atoms in total. The Hall–Kier alpha value is -0.120. The molecule has 1 aliphatic carbocycles. The van der Waals surface area contributed by atoms with Gasteiger partial charge in [-0.25, -0.2) is 0 Å². The van der Waals surface area contributed by atoms with Crippen LogP contribution in [0.2, 0.25) is 0 Å². The highest BCUT2D eigenvalue weighted by Crippen LogP contribution is 2.32. The molecule has 1 aliphatic heterocycles. The minimum absolute atomic E-state index is 0.366. The van der Waals surface area contributed by atoms with Gasteiger partial charge in [-0.05, 0) is 46.3 Å². The van der Waals surface area contributed by atoms with Crippen molar-refractivity contribution in [1.29, 1.82) is 0 Å². The number of hydrogen-bond acceptors (Lipinski definition) is 3. The second-order valence-electron chi connectivity index (χ2n) is 5.96. The lowest BCUT2D eigenvalue weighted by molar-refractivity contribution is 0.00338. The van der Waals surface area contributed by atoms with Gasteiger partial charge in [-0.3, -0.25) is 4.90 Å². The summed E-state index contributed by atoms with van der Waals surface area (Å²) in [6, 6.07) is 0.666. The van der Waals surface area contributed by atoms with E-state index in [0.717, 1.165) is 25.9 Å². The van der Waals surface area contributed by atoms with Gasteiger partial charge >= 0.3 is 0 Å². The summed E-state index contributed by atoms with van der Waals surface area (Å²) in [5, 5.41) is 10.4. The predicted octanol–water partition coefficient (Wildman–Crippen LogP) is 1.32. The Bertz CT molecular complexity index is 224. The molecule has 1 N–H and O–H groups in total. The number of likely N-dealkylation sites (tertiary alicyclic amines) is 1. The molecule has 1 atom stereocenters. The number of nitrogens with zero attached hydrogens (tertiary/aromatic N) is 2. The van der Waals surface area contributed by atoms with Gasteiger partial charge in [0, 0.05) is 19.1 Å². The van der Waals surface area contributed by atoms with Crippen LogP contribution in [0.1, 0.15) is 38.5 Å². The van der Waals surface area contributed by atoms with E-state index in [1.807, 2.05) is 0 Å². The fraction of sp³-hybridized carbons (Fsp3) is 1.00. The minimum atomic E-state index is -0.366. The third kappa shape index (κ3) is 2.96. The summed E-state index contributed by atoms with van der Waals surface area (Å²) in [6.45, 7) is 3.22. The van der Waals surface area contributed by atoms with Crippen molar-refractivity contribution in [2.24, 2.45) is 0 Å². The number of β-amino-alcohol motifs (C(OH)–C–C–N with tert-alkyl or cyclic N) is 1. The summed E-state index contributed by atoms with van der Waals surface area (Å²) in [6.07, 6.45) is 7.05. The minimum Gasteiger partial charge on any atom is -0.389 e. The first kappa shape index (κ1) is 12.3. The molecule has 0 aromatic carbocycles. The van der Waals surface area contributed by atoms with E-state index in [1.54, 1.807) is 0 Å². The van der Waals surface area contributed by atoms with E-state index in [4.69, 9.17) is 0 Å². The first-order valence-corrected chi connectivity index (χ1v) is 6.70. The standard InChI is InChI=1S/C13H26N2O/c1-14(2)10-12-6-5-9-15(12)11-13(16)7-3-4-8-13/h12,16H,3-11H2,1-2H3. The fourth-order valence-corrected chi connectivity index (χ4v) is 3.30. The van der Waals surface area contributed by atoms with Gasteiger partial charge in [-0.1, -0.05) is 12.8 Å². The fourth-order valence-electron chi connectivity index (χ4n) is 3.30. The monoisotopic (exact) mass is 226 g/mol. The summed E-state index contributed by atoms with van der Waals surface area (Å²) < 4.78 is 0. The maximum atomic E-state index is 10.4. The number of hydrogen-bond donors (Lipinski definition) is 1. The SMILES string of the molecule is CN(C)CC1CCCN1CC1(O)CCCC1. The molecule has 0 aromatic rings. The molecule has 2 rings (SSSR count). The first-order chi connectivity index (χ1) is 7.59. The highest BCUT2D eigenvalue weighted by Gasteiger charge is 2.36. The molecular formula is C13H26N2O. The van der Waals surface area contributed by atoms with Crippen molar-refractivity contribution in [2.75, 3.05) is 33.7 Å². The molecule has 0 bridgehead atoms. The molecule has 1 heterocycles. The third-order valence-electron chi connectivity index (χ3n) is 4.11. The van der Waals surface area contributed by atoms with Gasteiger partial charge in [0.1, 0.15) is 0 Å². The van der Waals surface area contributed by atoms with Crippen LogP contribution >= 0.6 is 0 Å². The van der Waals surface area contributed by atoms with Gasteiger partial charge in [0.05, 0.1) is 5.60 Å². The first-order valence-electron chi connectivity index (χ1n) is 6.70. The molecule has 1 unspecified atom stereocenters. The highest BCUT2D eigenvalue weighted by atomic mass is 16.3. The Kier molecular flexibility index (Phi) is 3.88. The van der Waals surface area contributed by atoms with Crippen LogP contribution in [0.15, 0.2) is 0 Å². The lowest BCUT2D eigenvalue weighted by Gasteiger charge is -2.33. The Balaban J connectivity index is 1.87. The van der Waals surface area contributed by atoms with Crippen molar-refractivity contribution in [1.82, 2.24) is 9.80 Å². The summed E-state index contributed by atoms with van der Waals surface area (Å²) in [4.78, 5) is 4.78. The second-order valence-corrected chi connectivity index (χ2v) is 5.96. The van der Waals surface area contributed by atoms with E-state index in [2.05, 4.69) is 23.9 Å². The highest BCUT2D eigenvalue weighted by molar-refractivity contribution is 4.91. The van der Waals surface area contributed by atoms with Crippen LogP contribution in [0.4, 0.5) is 0 Å². The topological polar surface area (TPSA) is 26.7 Å². The Morgan fingerprint density at radius 3 is 2.56 bits per heavy atom. The van der Waals surface area contributed by atoms with Crippen molar-refractivity contribution in [2.45, 2.75) is 50.2 Å². The number of aliphatic hydroxyl groups is 1. The molecule has 2 fully saturated rings. The molecule has 1 saturated carbocycles. The summed E-state index contributed by atoms with van der Waals surface area (Å²) in [7, 11) is 4.28. The Morgan fingerprint density at radius 1 is 1.25 bits per heavy atom. The molecule has 0 spiro atoms. The van der Waals surface area contributed by atoms with E-state index < -0.39 is 0 Å². The van der Waals surface area contributed by atoms with Crippen molar-refractivity contribution in [3.8, 4) is 0 Å². The van der Waals surface area contributed by atoms with E-state index in [-0.39, 0.29) is 5.60 Å².